The first-order valence-corrected chi connectivity index (χ1v) is 7.67. The summed E-state index contributed by atoms with van der Waals surface area (Å²) in [7, 11) is 3.14. The number of methoxy groups -OCH3 is 2. The average Bonchev–Trinajstić information content (AvgIpc) is 2.97. The van der Waals surface area contributed by atoms with Crippen LogP contribution in [0.1, 0.15) is 27.6 Å². The summed E-state index contributed by atoms with van der Waals surface area (Å²) in [4.78, 5) is 12.3. The number of rotatable bonds is 3. The van der Waals surface area contributed by atoms with E-state index in [1.165, 1.54) is 0 Å². The number of carbonyl (C=O) groups excluding carboxylic acids is 1. The molecule has 0 aromatic heterocycles. The lowest BCUT2D eigenvalue weighted by molar-refractivity contribution is 0.0454. The lowest BCUT2D eigenvalue weighted by Gasteiger charge is -2.15. The molecule has 120 valence electrons. The van der Waals surface area contributed by atoms with Crippen molar-refractivity contribution in [2.45, 2.75) is 6.10 Å². The smallest absolute Gasteiger partial charge is 0.339 e. The van der Waals surface area contributed by atoms with Gasteiger partial charge in [-0.25, -0.2) is 4.79 Å². The van der Waals surface area contributed by atoms with Crippen LogP contribution in [0, 0.1) is 0 Å². The normalized spacial score (nSPS) is 15.9. The first kappa shape index (κ1) is 14.6. The predicted octanol–water partition coefficient (Wildman–Crippen LogP) is 4.12. The number of hydrogen-bond acceptors (Lipinski definition) is 4. The number of benzene rings is 3. The van der Waals surface area contributed by atoms with Crippen LogP contribution in [0.3, 0.4) is 0 Å². The summed E-state index contributed by atoms with van der Waals surface area (Å²) in [5.41, 5.74) is 2.16. The quantitative estimate of drug-likeness (QED) is 0.681. The van der Waals surface area contributed by atoms with Gasteiger partial charge in [0.15, 0.2) is 6.10 Å². The van der Waals surface area contributed by atoms with Gasteiger partial charge in [-0.2, -0.15) is 0 Å². The van der Waals surface area contributed by atoms with Gasteiger partial charge in [-0.3, -0.25) is 0 Å². The van der Waals surface area contributed by atoms with Crippen molar-refractivity contribution in [3.8, 4) is 11.5 Å². The third kappa shape index (κ3) is 2.19. The maximum Gasteiger partial charge on any atom is 0.339 e. The van der Waals surface area contributed by atoms with Crippen molar-refractivity contribution >= 4 is 16.7 Å². The van der Waals surface area contributed by atoms with Crippen LogP contribution < -0.4 is 9.47 Å². The molecule has 3 aromatic carbocycles. The predicted molar refractivity (Wildman–Crippen MR) is 90.8 cm³/mol. The van der Waals surface area contributed by atoms with E-state index in [-0.39, 0.29) is 5.97 Å². The Labute approximate surface area is 139 Å². The van der Waals surface area contributed by atoms with E-state index in [0.29, 0.717) is 17.1 Å². The van der Waals surface area contributed by atoms with Crippen LogP contribution in [-0.2, 0) is 4.74 Å². The molecule has 1 aliphatic heterocycles. The van der Waals surface area contributed by atoms with Gasteiger partial charge in [0.05, 0.1) is 25.3 Å². The summed E-state index contributed by atoms with van der Waals surface area (Å²) in [5, 5.41) is 2.25. The monoisotopic (exact) mass is 320 g/mol. The van der Waals surface area contributed by atoms with Gasteiger partial charge in [-0.05, 0) is 28.5 Å². The Balaban J connectivity index is 1.88. The molecule has 1 unspecified atom stereocenters. The average molecular weight is 320 g/mol. The summed E-state index contributed by atoms with van der Waals surface area (Å²) < 4.78 is 16.4. The minimum atomic E-state index is -0.474. The lowest BCUT2D eigenvalue weighted by Crippen LogP contribution is -2.02. The van der Waals surface area contributed by atoms with Gasteiger partial charge in [0.1, 0.15) is 11.5 Å². The summed E-state index contributed by atoms with van der Waals surface area (Å²) in [6.07, 6.45) is -0.474. The van der Waals surface area contributed by atoms with E-state index in [4.69, 9.17) is 14.2 Å². The molecule has 0 amide bonds. The van der Waals surface area contributed by atoms with Crippen LogP contribution in [0.5, 0.6) is 11.5 Å². The van der Waals surface area contributed by atoms with Crippen LogP contribution in [-0.4, -0.2) is 20.2 Å². The zero-order valence-corrected chi connectivity index (χ0v) is 13.4. The molecule has 0 N–H and O–H groups in total. The zero-order valence-electron chi connectivity index (χ0n) is 13.4. The summed E-state index contributed by atoms with van der Waals surface area (Å²) >= 11 is 0. The molecular formula is C20H16O4. The van der Waals surface area contributed by atoms with Crippen molar-refractivity contribution < 1.29 is 19.0 Å². The first-order valence-electron chi connectivity index (χ1n) is 7.67. The van der Waals surface area contributed by atoms with Crippen molar-refractivity contribution in [3.63, 3.8) is 0 Å². The Bertz CT molecular complexity index is 946. The SMILES string of the molecule is COc1cc(OC)c2c(c1)C(=O)OC2c1ccc2ccccc2c1. The molecule has 0 radical (unpaired) electrons. The molecule has 3 aromatic rings. The third-order valence-corrected chi connectivity index (χ3v) is 4.35. The molecule has 24 heavy (non-hydrogen) atoms. The van der Waals surface area contributed by atoms with Gasteiger partial charge in [0.2, 0.25) is 0 Å². The van der Waals surface area contributed by atoms with E-state index < -0.39 is 6.10 Å². The number of carbonyl (C=O) groups is 1. The number of fused-ring (bicyclic) bond motifs is 2. The first-order chi connectivity index (χ1) is 11.7. The van der Waals surface area contributed by atoms with Gasteiger partial charge in [-0.15, -0.1) is 0 Å². The van der Waals surface area contributed by atoms with Crippen LogP contribution >= 0.6 is 0 Å². The maximum atomic E-state index is 12.3. The van der Waals surface area contributed by atoms with Gasteiger partial charge in [-0.1, -0.05) is 36.4 Å². The number of cyclic esters (lactones) is 1. The third-order valence-electron chi connectivity index (χ3n) is 4.35. The standard InChI is InChI=1S/C20H16O4/c1-22-15-10-16-18(17(11-15)23-2)19(24-20(16)21)14-8-7-12-5-3-4-6-13(12)9-14/h3-11,19H,1-2H3. The molecule has 0 fully saturated rings. The second kappa shape index (κ2) is 5.57. The van der Waals surface area contributed by atoms with E-state index in [2.05, 4.69) is 6.07 Å². The molecular weight excluding hydrogens is 304 g/mol. The molecule has 0 saturated heterocycles. The summed E-state index contributed by atoms with van der Waals surface area (Å²) in [6.45, 7) is 0. The second-order valence-electron chi connectivity index (χ2n) is 5.68. The summed E-state index contributed by atoms with van der Waals surface area (Å²) in [5.74, 6) is 0.801. The van der Waals surface area contributed by atoms with E-state index in [1.54, 1.807) is 26.4 Å². The van der Waals surface area contributed by atoms with Crippen LogP contribution in [0.4, 0.5) is 0 Å². The van der Waals surface area contributed by atoms with E-state index >= 15 is 0 Å². The topological polar surface area (TPSA) is 44.8 Å². The van der Waals surface area contributed by atoms with Crippen LogP contribution in [0.15, 0.2) is 54.6 Å². The van der Waals surface area contributed by atoms with Crippen molar-refractivity contribution in [1.82, 2.24) is 0 Å². The molecule has 1 heterocycles. The Hall–Kier alpha value is -3.01. The number of hydrogen-bond donors (Lipinski definition) is 0. The van der Waals surface area contributed by atoms with Gasteiger partial charge in [0, 0.05) is 6.07 Å². The van der Waals surface area contributed by atoms with E-state index in [9.17, 15) is 4.79 Å². The fraction of sp³-hybridized carbons (Fsp3) is 0.150. The Morgan fingerprint density at radius 1 is 0.917 bits per heavy atom. The molecule has 4 nitrogen and oxygen atoms in total. The molecule has 0 saturated carbocycles. The molecule has 1 atom stereocenters. The molecule has 4 heteroatoms. The molecule has 1 aliphatic rings. The Morgan fingerprint density at radius 3 is 2.46 bits per heavy atom. The number of ether oxygens (including phenoxy) is 3. The van der Waals surface area contributed by atoms with E-state index in [1.807, 2.05) is 36.4 Å². The maximum absolute atomic E-state index is 12.3. The summed E-state index contributed by atoms with van der Waals surface area (Å²) in [6, 6.07) is 17.6. The van der Waals surface area contributed by atoms with Gasteiger partial charge in [0.25, 0.3) is 0 Å². The van der Waals surface area contributed by atoms with Crippen molar-refractivity contribution in [1.29, 1.82) is 0 Å². The number of esters is 1. The van der Waals surface area contributed by atoms with Crippen molar-refractivity contribution in [2.75, 3.05) is 14.2 Å². The highest BCUT2D eigenvalue weighted by Crippen LogP contribution is 2.44. The van der Waals surface area contributed by atoms with Crippen LogP contribution in [0.25, 0.3) is 10.8 Å². The molecule has 0 bridgehead atoms. The van der Waals surface area contributed by atoms with Gasteiger partial charge >= 0.3 is 5.97 Å². The highest BCUT2D eigenvalue weighted by molar-refractivity contribution is 5.96. The largest absolute Gasteiger partial charge is 0.497 e. The molecule has 0 spiro atoms. The molecule has 0 aliphatic carbocycles. The minimum Gasteiger partial charge on any atom is -0.497 e. The Kier molecular flexibility index (Phi) is 3.38. The Morgan fingerprint density at radius 2 is 1.71 bits per heavy atom. The highest BCUT2D eigenvalue weighted by atomic mass is 16.6. The fourth-order valence-electron chi connectivity index (χ4n) is 3.16. The van der Waals surface area contributed by atoms with Crippen LogP contribution in [0.2, 0.25) is 0 Å². The highest BCUT2D eigenvalue weighted by Gasteiger charge is 2.36. The zero-order chi connectivity index (χ0) is 16.7. The second-order valence-corrected chi connectivity index (χ2v) is 5.68. The van der Waals surface area contributed by atoms with Crippen molar-refractivity contribution in [2.24, 2.45) is 0 Å². The van der Waals surface area contributed by atoms with E-state index in [0.717, 1.165) is 21.9 Å². The minimum absolute atomic E-state index is 0.361. The van der Waals surface area contributed by atoms with Gasteiger partial charge < -0.3 is 14.2 Å². The molecule has 4 rings (SSSR count). The lowest BCUT2D eigenvalue weighted by atomic mass is 9.96. The van der Waals surface area contributed by atoms with Crippen molar-refractivity contribution in [3.05, 3.63) is 71.3 Å². The fourth-order valence-corrected chi connectivity index (χ4v) is 3.16.